The van der Waals surface area contributed by atoms with Gasteiger partial charge in [0.15, 0.2) is 0 Å². The molecule has 0 aliphatic carbocycles. The third kappa shape index (κ3) is 6.11. The van der Waals surface area contributed by atoms with Crippen molar-refractivity contribution in [1.82, 2.24) is 9.88 Å². The second kappa shape index (κ2) is 12.1. The van der Waals surface area contributed by atoms with Gasteiger partial charge in [-0.1, -0.05) is 32.0 Å². The molecule has 6 heteroatoms. The fraction of sp³-hybridized carbons (Fsp3) is 0.435. The van der Waals surface area contributed by atoms with E-state index in [0.29, 0.717) is 6.04 Å². The molecule has 0 spiro atoms. The highest BCUT2D eigenvalue weighted by molar-refractivity contribution is 6.07. The average Bonchev–Trinajstić information content (AvgIpc) is 2.70. The molecule has 0 saturated heterocycles. The third-order valence-electron chi connectivity index (χ3n) is 5.28. The first kappa shape index (κ1) is 25.3. The highest BCUT2D eigenvalue weighted by Crippen LogP contribution is 2.33. The molecule has 3 aromatic rings. The lowest BCUT2D eigenvalue weighted by molar-refractivity contribution is 0.295. The summed E-state index contributed by atoms with van der Waals surface area (Å²) < 4.78 is 5.45. The van der Waals surface area contributed by atoms with E-state index in [4.69, 9.17) is 9.72 Å². The Morgan fingerprint density at radius 1 is 1.00 bits per heavy atom. The van der Waals surface area contributed by atoms with Crippen LogP contribution in [0.3, 0.4) is 0 Å². The van der Waals surface area contributed by atoms with E-state index in [9.17, 15) is 0 Å². The molecule has 0 radical (unpaired) electrons. The monoisotopic (exact) mass is 437 g/mol. The van der Waals surface area contributed by atoms with Gasteiger partial charge in [0.2, 0.25) is 0 Å². The van der Waals surface area contributed by atoms with Gasteiger partial charge in [-0.2, -0.15) is 0 Å². The van der Waals surface area contributed by atoms with Crippen molar-refractivity contribution in [2.45, 2.75) is 39.7 Å². The van der Waals surface area contributed by atoms with Crippen LogP contribution < -0.4 is 10.1 Å². The Hall–Kier alpha value is -1.75. The Morgan fingerprint density at radius 2 is 1.69 bits per heavy atom. The molecule has 2 aromatic carbocycles. The number of fused-ring (bicyclic) bond motifs is 2. The molecular formula is C23H33Cl2N3O. The highest BCUT2D eigenvalue weighted by atomic mass is 35.5. The number of methoxy groups -OCH3 is 1. The maximum atomic E-state index is 5.45. The summed E-state index contributed by atoms with van der Waals surface area (Å²) in [5.74, 6) is 0.858. The van der Waals surface area contributed by atoms with Crippen molar-refractivity contribution in [3.63, 3.8) is 0 Å². The van der Waals surface area contributed by atoms with Crippen LogP contribution in [0.1, 0.15) is 33.6 Å². The first-order chi connectivity index (χ1) is 13.2. The molecule has 3 rings (SSSR count). The Balaban J connectivity index is 0.00000210. The fourth-order valence-corrected chi connectivity index (χ4v) is 3.63. The molecule has 0 bridgehead atoms. The zero-order valence-corrected chi connectivity index (χ0v) is 19.4. The van der Waals surface area contributed by atoms with Gasteiger partial charge < -0.3 is 15.0 Å². The van der Waals surface area contributed by atoms with Crippen LogP contribution in [0, 0.1) is 0 Å². The van der Waals surface area contributed by atoms with Crippen LogP contribution in [0.2, 0.25) is 0 Å². The van der Waals surface area contributed by atoms with Crippen LogP contribution >= 0.6 is 24.8 Å². The Kier molecular flexibility index (Phi) is 10.5. The van der Waals surface area contributed by atoms with Gasteiger partial charge in [0.05, 0.1) is 23.8 Å². The molecule has 0 aliphatic heterocycles. The summed E-state index contributed by atoms with van der Waals surface area (Å²) >= 11 is 0. The number of halogens is 2. The second-order valence-corrected chi connectivity index (χ2v) is 7.10. The number of pyridine rings is 1. The summed E-state index contributed by atoms with van der Waals surface area (Å²) in [5, 5.41) is 6.05. The van der Waals surface area contributed by atoms with E-state index in [-0.39, 0.29) is 24.8 Å². The molecule has 1 N–H and O–H groups in total. The van der Waals surface area contributed by atoms with E-state index in [0.717, 1.165) is 59.3 Å². The lowest BCUT2D eigenvalue weighted by atomic mass is 10.1. The summed E-state index contributed by atoms with van der Waals surface area (Å²) in [6.07, 6.45) is 2.33. The van der Waals surface area contributed by atoms with Gasteiger partial charge in [0.1, 0.15) is 5.75 Å². The number of nitrogens with zero attached hydrogens (tertiary/aromatic N) is 2. The van der Waals surface area contributed by atoms with Crippen molar-refractivity contribution < 1.29 is 4.74 Å². The van der Waals surface area contributed by atoms with Gasteiger partial charge in [-0.3, -0.25) is 0 Å². The number of hydrogen-bond acceptors (Lipinski definition) is 4. The van der Waals surface area contributed by atoms with Gasteiger partial charge in [-0.25, -0.2) is 4.98 Å². The van der Waals surface area contributed by atoms with E-state index in [1.54, 1.807) is 7.11 Å². The van der Waals surface area contributed by atoms with Crippen LogP contribution in [0.25, 0.3) is 21.8 Å². The fourth-order valence-electron chi connectivity index (χ4n) is 3.63. The molecule has 0 saturated carbocycles. The number of benzene rings is 2. The Bertz CT molecular complexity index is 900. The summed E-state index contributed by atoms with van der Waals surface area (Å²) in [5.41, 5.74) is 3.17. The number of hydrogen-bond donors (Lipinski definition) is 1. The Labute approximate surface area is 186 Å². The van der Waals surface area contributed by atoms with Gasteiger partial charge in [-0.15, -0.1) is 24.8 Å². The third-order valence-corrected chi connectivity index (χ3v) is 5.28. The molecule has 0 aliphatic rings. The molecule has 1 atom stereocenters. The molecule has 0 fully saturated rings. The molecule has 1 heterocycles. The SMILES string of the molecule is CCN(CC)CCCC(C)Nc1c2ccccc2nc2ccc(OC)cc12.Cl.Cl. The second-order valence-electron chi connectivity index (χ2n) is 7.10. The lowest BCUT2D eigenvalue weighted by Gasteiger charge is -2.21. The minimum Gasteiger partial charge on any atom is -0.497 e. The predicted octanol–water partition coefficient (Wildman–Crippen LogP) is 6.16. The molecule has 0 amide bonds. The summed E-state index contributed by atoms with van der Waals surface area (Å²) in [6, 6.07) is 14.8. The molecule has 1 unspecified atom stereocenters. The molecule has 1 aromatic heterocycles. The quantitative estimate of drug-likeness (QED) is 0.406. The predicted molar refractivity (Wildman–Crippen MR) is 130 cm³/mol. The number of aromatic nitrogens is 1. The normalized spacial score (nSPS) is 11.8. The van der Waals surface area contributed by atoms with Crippen LogP contribution in [0.15, 0.2) is 42.5 Å². The summed E-state index contributed by atoms with van der Waals surface area (Å²) in [4.78, 5) is 7.31. The van der Waals surface area contributed by atoms with E-state index < -0.39 is 0 Å². The van der Waals surface area contributed by atoms with Crippen molar-refractivity contribution in [1.29, 1.82) is 0 Å². The van der Waals surface area contributed by atoms with Crippen molar-refractivity contribution in [3.05, 3.63) is 42.5 Å². The van der Waals surface area contributed by atoms with Crippen molar-refractivity contribution in [2.24, 2.45) is 0 Å². The van der Waals surface area contributed by atoms with Crippen LogP contribution in [-0.2, 0) is 0 Å². The standard InChI is InChI=1S/C23H31N3O.2ClH/c1-5-26(6-2)15-9-10-17(3)24-23-19-11-7-8-12-21(19)25-22-14-13-18(27-4)16-20(22)23;;/h7-8,11-14,16-17H,5-6,9-10,15H2,1-4H3,(H,24,25);2*1H. The van der Waals surface area contributed by atoms with E-state index in [1.807, 2.05) is 18.2 Å². The lowest BCUT2D eigenvalue weighted by Crippen LogP contribution is -2.25. The number of nitrogens with one attached hydrogen (secondary N) is 1. The largest absolute Gasteiger partial charge is 0.497 e. The number of para-hydroxylation sites is 1. The van der Waals surface area contributed by atoms with Crippen LogP contribution in [0.5, 0.6) is 5.75 Å². The molecular weight excluding hydrogens is 405 g/mol. The Morgan fingerprint density at radius 3 is 2.38 bits per heavy atom. The van der Waals surface area contributed by atoms with E-state index in [2.05, 4.69) is 55.3 Å². The van der Waals surface area contributed by atoms with Gasteiger partial charge in [-0.05, 0) is 63.7 Å². The zero-order chi connectivity index (χ0) is 19.2. The summed E-state index contributed by atoms with van der Waals surface area (Å²) in [6.45, 7) is 10.1. The number of rotatable bonds is 9. The van der Waals surface area contributed by atoms with E-state index in [1.165, 1.54) is 6.42 Å². The first-order valence-corrected chi connectivity index (χ1v) is 10.0. The molecule has 160 valence electrons. The average molecular weight is 438 g/mol. The maximum absolute atomic E-state index is 5.45. The number of anilines is 1. The summed E-state index contributed by atoms with van der Waals surface area (Å²) in [7, 11) is 1.71. The van der Waals surface area contributed by atoms with Crippen molar-refractivity contribution >= 4 is 52.3 Å². The van der Waals surface area contributed by atoms with E-state index >= 15 is 0 Å². The first-order valence-electron chi connectivity index (χ1n) is 10.0. The van der Waals surface area contributed by atoms with Crippen molar-refractivity contribution in [3.8, 4) is 5.75 Å². The maximum Gasteiger partial charge on any atom is 0.119 e. The number of ether oxygens (including phenoxy) is 1. The van der Waals surface area contributed by atoms with Gasteiger partial charge in [0.25, 0.3) is 0 Å². The minimum atomic E-state index is 0. The topological polar surface area (TPSA) is 37.4 Å². The molecule has 4 nitrogen and oxygen atoms in total. The van der Waals surface area contributed by atoms with Crippen LogP contribution in [0.4, 0.5) is 5.69 Å². The molecule has 29 heavy (non-hydrogen) atoms. The van der Waals surface area contributed by atoms with Gasteiger partial charge >= 0.3 is 0 Å². The van der Waals surface area contributed by atoms with Gasteiger partial charge in [0, 0.05) is 16.8 Å². The van der Waals surface area contributed by atoms with Crippen LogP contribution in [-0.4, -0.2) is 42.7 Å². The highest BCUT2D eigenvalue weighted by Gasteiger charge is 2.12. The zero-order valence-electron chi connectivity index (χ0n) is 17.8. The smallest absolute Gasteiger partial charge is 0.119 e. The minimum absolute atomic E-state index is 0. The van der Waals surface area contributed by atoms with Crippen molar-refractivity contribution in [2.75, 3.05) is 32.1 Å².